The number of hydrogen-bond acceptors (Lipinski definition) is 4. The summed E-state index contributed by atoms with van der Waals surface area (Å²) in [4.78, 5) is 1.22. The van der Waals surface area contributed by atoms with Gasteiger partial charge in [-0.2, -0.15) is 0 Å². The molecule has 1 aliphatic heterocycles. The minimum atomic E-state index is 0.167. The second-order valence-corrected chi connectivity index (χ2v) is 4.66. The van der Waals surface area contributed by atoms with E-state index >= 15 is 0 Å². The number of benzene rings is 1. The summed E-state index contributed by atoms with van der Waals surface area (Å²) in [7, 11) is 0. The molecule has 1 heterocycles. The zero-order valence-corrected chi connectivity index (χ0v) is 9.59. The standard InChI is InChI=1S/C11H16N2OS/c1-2-8(13-12)10-7-15-11-6-4-3-5-9(11)14-10/h3-6,8,10,13H,2,7,12H2,1H3. The van der Waals surface area contributed by atoms with E-state index in [9.17, 15) is 0 Å². The lowest BCUT2D eigenvalue weighted by Gasteiger charge is -2.30. The highest BCUT2D eigenvalue weighted by Gasteiger charge is 2.25. The third-order valence-corrected chi connectivity index (χ3v) is 3.78. The average molecular weight is 224 g/mol. The van der Waals surface area contributed by atoms with Gasteiger partial charge in [-0.25, -0.2) is 0 Å². The normalized spacial score (nSPS) is 21.6. The maximum atomic E-state index is 5.91. The molecule has 4 heteroatoms. The van der Waals surface area contributed by atoms with Crippen molar-refractivity contribution in [3.63, 3.8) is 0 Å². The van der Waals surface area contributed by atoms with Crippen molar-refractivity contribution < 1.29 is 4.74 Å². The van der Waals surface area contributed by atoms with Gasteiger partial charge in [0.25, 0.3) is 0 Å². The van der Waals surface area contributed by atoms with Crippen molar-refractivity contribution in [2.24, 2.45) is 5.84 Å². The number of nitrogens with two attached hydrogens (primary N) is 1. The summed E-state index contributed by atoms with van der Waals surface area (Å²) in [6, 6.07) is 8.36. The fourth-order valence-corrected chi connectivity index (χ4v) is 2.80. The van der Waals surface area contributed by atoms with E-state index in [1.165, 1.54) is 4.90 Å². The lowest BCUT2D eigenvalue weighted by molar-refractivity contribution is 0.163. The van der Waals surface area contributed by atoms with E-state index in [1.54, 1.807) is 0 Å². The molecule has 15 heavy (non-hydrogen) atoms. The Morgan fingerprint density at radius 1 is 1.60 bits per heavy atom. The minimum Gasteiger partial charge on any atom is -0.487 e. The van der Waals surface area contributed by atoms with Gasteiger partial charge in [-0.15, -0.1) is 11.8 Å². The van der Waals surface area contributed by atoms with Crippen molar-refractivity contribution in [3.8, 4) is 5.75 Å². The van der Waals surface area contributed by atoms with Crippen molar-refractivity contribution >= 4 is 11.8 Å². The van der Waals surface area contributed by atoms with Crippen LogP contribution < -0.4 is 16.0 Å². The molecule has 0 spiro atoms. The zero-order valence-electron chi connectivity index (χ0n) is 8.77. The van der Waals surface area contributed by atoms with E-state index in [2.05, 4.69) is 18.4 Å². The largest absolute Gasteiger partial charge is 0.487 e. The fraction of sp³-hybridized carbons (Fsp3) is 0.455. The Labute approximate surface area is 94.3 Å². The number of fused-ring (bicyclic) bond motifs is 1. The van der Waals surface area contributed by atoms with Gasteiger partial charge in [0.1, 0.15) is 11.9 Å². The van der Waals surface area contributed by atoms with Gasteiger partial charge in [0.05, 0.1) is 6.04 Å². The Bertz CT molecular complexity index is 328. The molecule has 1 aliphatic rings. The predicted molar refractivity (Wildman–Crippen MR) is 63.0 cm³/mol. The topological polar surface area (TPSA) is 47.3 Å². The SMILES string of the molecule is CCC(NN)C1CSc2ccccc2O1. The molecule has 3 nitrogen and oxygen atoms in total. The Morgan fingerprint density at radius 3 is 3.13 bits per heavy atom. The smallest absolute Gasteiger partial charge is 0.133 e. The van der Waals surface area contributed by atoms with E-state index in [1.807, 2.05) is 30.0 Å². The molecule has 0 amide bonds. The molecule has 0 radical (unpaired) electrons. The van der Waals surface area contributed by atoms with E-state index in [-0.39, 0.29) is 12.1 Å². The Kier molecular flexibility index (Phi) is 3.51. The van der Waals surface area contributed by atoms with Gasteiger partial charge < -0.3 is 4.74 Å². The molecule has 0 saturated heterocycles. The van der Waals surface area contributed by atoms with Gasteiger partial charge in [-0.05, 0) is 18.6 Å². The third kappa shape index (κ3) is 2.27. The molecular formula is C11H16N2OS. The number of ether oxygens (including phenoxy) is 1. The van der Waals surface area contributed by atoms with E-state index < -0.39 is 0 Å². The molecule has 2 atom stereocenters. The van der Waals surface area contributed by atoms with Gasteiger partial charge >= 0.3 is 0 Å². The maximum Gasteiger partial charge on any atom is 0.133 e. The summed E-state index contributed by atoms with van der Waals surface area (Å²) in [6.45, 7) is 2.11. The Balaban J connectivity index is 2.11. The van der Waals surface area contributed by atoms with Crippen LogP contribution in [0.3, 0.4) is 0 Å². The van der Waals surface area contributed by atoms with Crippen molar-refractivity contribution in [2.45, 2.75) is 30.4 Å². The van der Waals surface area contributed by atoms with Gasteiger partial charge in [-0.3, -0.25) is 11.3 Å². The van der Waals surface area contributed by atoms with Gasteiger partial charge in [0.15, 0.2) is 0 Å². The number of thioether (sulfide) groups is 1. The van der Waals surface area contributed by atoms with Crippen LogP contribution in [0.2, 0.25) is 0 Å². The fourth-order valence-electron chi connectivity index (χ4n) is 1.72. The van der Waals surface area contributed by atoms with Crippen LogP contribution in [0.1, 0.15) is 13.3 Å². The Hall–Kier alpha value is -0.710. The molecule has 0 saturated carbocycles. The van der Waals surface area contributed by atoms with Crippen molar-refractivity contribution in [1.82, 2.24) is 5.43 Å². The molecule has 0 aromatic heterocycles. The highest BCUT2D eigenvalue weighted by Crippen LogP contribution is 2.35. The first kappa shape index (κ1) is 10.8. The van der Waals surface area contributed by atoms with Crippen molar-refractivity contribution in [3.05, 3.63) is 24.3 Å². The molecule has 82 valence electrons. The van der Waals surface area contributed by atoms with Crippen molar-refractivity contribution in [2.75, 3.05) is 5.75 Å². The maximum absolute atomic E-state index is 5.91. The van der Waals surface area contributed by atoms with Crippen LogP contribution >= 0.6 is 11.8 Å². The number of nitrogens with one attached hydrogen (secondary N) is 1. The lowest BCUT2D eigenvalue weighted by Crippen LogP contribution is -2.48. The molecule has 0 fully saturated rings. The summed E-state index contributed by atoms with van der Waals surface area (Å²) < 4.78 is 5.91. The molecule has 3 N–H and O–H groups in total. The summed E-state index contributed by atoms with van der Waals surface area (Å²) in [6.07, 6.45) is 1.14. The van der Waals surface area contributed by atoms with Crippen LogP contribution in [0.4, 0.5) is 0 Å². The van der Waals surface area contributed by atoms with Crippen LogP contribution in [-0.2, 0) is 0 Å². The predicted octanol–water partition coefficient (Wildman–Crippen LogP) is 1.78. The van der Waals surface area contributed by atoms with Crippen LogP contribution in [0.5, 0.6) is 5.75 Å². The van der Waals surface area contributed by atoms with Gasteiger partial charge in [0.2, 0.25) is 0 Å². The summed E-state index contributed by atoms with van der Waals surface area (Å²) in [5.41, 5.74) is 2.81. The van der Waals surface area contributed by atoms with Crippen LogP contribution in [0.25, 0.3) is 0 Å². The molecule has 0 bridgehead atoms. The lowest BCUT2D eigenvalue weighted by atomic mass is 10.1. The quantitative estimate of drug-likeness (QED) is 0.607. The summed E-state index contributed by atoms with van der Waals surface area (Å²) in [5.74, 6) is 7.43. The zero-order chi connectivity index (χ0) is 10.7. The highest BCUT2D eigenvalue weighted by atomic mass is 32.2. The second-order valence-electron chi connectivity index (χ2n) is 3.60. The first-order chi connectivity index (χ1) is 7.35. The molecule has 1 aromatic carbocycles. The Morgan fingerprint density at radius 2 is 2.40 bits per heavy atom. The van der Waals surface area contributed by atoms with Crippen LogP contribution in [0.15, 0.2) is 29.2 Å². The molecule has 2 rings (SSSR count). The van der Waals surface area contributed by atoms with E-state index in [0.29, 0.717) is 0 Å². The second kappa shape index (κ2) is 4.88. The summed E-state index contributed by atoms with van der Waals surface area (Å²) in [5, 5.41) is 0. The number of hydrogen-bond donors (Lipinski definition) is 2. The number of rotatable bonds is 3. The van der Waals surface area contributed by atoms with E-state index in [4.69, 9.17) is 10.6 Å². The van der Waals surface area contributed by atoms with Crippen LogP contribution in [-0.4, -0.2) is 17.9 Å². The number of para-hydroxylation sites is 1. The highest BCUT2D eigenvalue weighted by molar-refractivity contribution is 7.99. The monoisotopic (exact) mass is 224 g/mol. The van der Waals surface area contributed by atoms with Crippen LogP contribution in [0, 0.1) is 0 Å². The summed E-state index contributed by atoms with van der Waals surface area (Å²) >= 11 is 1.84. The molecule has 2 unspecified atom stereocenters. The van der Waals surface area contributed by atoms with Crippen molar-refractivity contribution in [1.29, 1.82) is 0 Å². The molecular weight excluding hydrogens is 208 g/mol. The average Bonchev–Trinajstić information content (AvgIpc) is 2.30. The van der Waals surface area contributed by atoms with Gasteiger partial charge in [-0.1, -0.05) is 19.1 Å². The minimum absolute atomic E-state index is 0.167. The first-order valence-corrected chi connectivity index (χ1v) is 6.18. The van der Waals surface area contributed by atoms with E-state index in [0.717, 1.165) is 17.9 Å². The molecule has 1 aromatic rings. The third-order valence-electron chi connectivity index (χ3n) is 2.63. The van der Waals surface area contributed by atoms with Gasteiger partial charge in [0, 0.05) is 10.6 Å². The molecule has 0 aliphatic carbocycles. The number of hydrazine groups is 1. The first-order valence-electron chi connectivity index (χ1n) is 5.19.